The molecule has 0 saturated carbocycles. The van der Waals surface area contributed by atoms with Crippen LogP contribution in [0.3, 0.4) is 0 Å². The minimum atomic E-state index is -0.618. The van der Waals surface area contributed by atoms with Gasteiger partial charge in [0.1, 0.15) is 38.2 Å². The predicted octanol–water partition coefficient (Wildman–Crippen LogP) is 1.03. The summed E-state index contributed by atoms with van der Waals surface area (Å²) < 4.78 is 17.1. The van der Waals surface area contributed by atoms with Gasteiger partial charge in [-0.1, -0.05) is 24.3 Å². The molecule has 0 radical (unpaired) electrons. The van der Waals surface area contributed by atoms with Gasteiger partial charge in [-0.3, -0.25) is 4.79 Å². The second kappa shape index (κ2) is 8.69. The monoisotopic (exact) mass is 358 g/mol. The van der Waals surface area contributed by atoms with Crippen molar-refractivity contribution >= 4 is 5.78 Å². The van der Waals surface area contributed by atoms with Crippen LogP contribution < -0.4 is 19.5 Å². The molecule has 2 atom stereocenters. The summed E-state index contributed by atoms with van der Waals surface area (Å²) in [4.78, 5) is 11.4. The lowest BCUT2D eigenvalue weighted by molar-refractivity contribution is -0.666. The zero-order valence-corrected chi connectivity index (χ0v) is 14.8. The van der Waals surface area contributed by atoms with Gasteiger partial charge in [0.15, 0.2) is 23.4 Å². The molecule has 3 N–H and O–H groups in total. The lowest BCUT2D eigenvalue weighted by Gasteiger charge is -2.25. The highest BCUT2D eigenvalue weighted by Gasteiger charge is 2.22. The standard InChI is InChI=1S/C20H23NO5/c1-14(22)15-5-4-6-17(9-15)24-12-16(23)10-21-11-18-13-25-19-7-2-3-8-20(19)26-18/h2-9,16,18,21,23H,10-13H2,1H3/p+1/t16-,18-/m0/s1. The molecule has 0 bridgehead atoms. The van der Waals surface area contributed by atoms with Gasteiger partial charge >= 0.3 is 0 Å². The average Bonchev–Trinajstić information content (AvgIpc) is 2.66. The maximum atomic E-state index is 11.4. The van der Waals surface area contributed by atoms with Gasteiger partial charge in [0.25, 0.3) is 0 Å². The molecule has 2 aromatic rings. The van der Waals surface area contributed by atoms with E-state index < -0.39 is 6.10 Å². The van der Waals surface area contributed by atoms with Gasteiger partial charge in [-0.05, 0) is 31.2 Å². The Morgan fingerprint density at radius 3 is 2.88 bits per heavy atom. The number of aliphatic hydroxyl groups excluding tert-OH is 1. The molecule has 0 fully saturated rings. The van der Waals surface area contributed by atoms with Crippen LogP contribution in [0.5, 0.6) is 17.2 Å². The lowest BCUT2D eigenvalue weighted by atomic mass is 10.1. The average molecular weight is 358 g/mol. The highest BCUT2D eigenvalue weighted by atomic mass is 16.6. The van der Waals surface area contributed by atoms with Crippen molar-refractivity contribution in [3.63, 3.8) is 0 Å². The van der Waals surface area contributed by atoms with E-state index in [2.05, 4.69) is 0 Å². The number of para-hydroxylation sites is 2. The Bertz CT molecular complexity index is 748. The highest BCUT2D eigenvalue weighted by molar-refractivity contribution is 5.94. The number of benzene rings is 2. The number of carbonyl (C=O) groups excluding carboxylic acids is 1. The minimum Gasteiger partial charge on any atom is -0.491 e. The number of hydrogen-bond donors (Lipinski definition) is 2. The third kappa shape index (κ3) is 4.97. The van der Waals surface area contributed by atoms with Crippen molar-refractivity contribution in [2.24, 2.45) is 0 Å². The number of nitrogens with two attached hydrogens (primary N) is 1. The van der Waals surface area contributed by atoms with E-state index in [1.165, 1.54) is 6.92 Å². The molecule has 0 amide bonds. The lowest BCUT2D eigenvalue weighted by Crippen LogP contribution is -2.89. The van der Waals surface area contributed by atoms with Gasteiger partial charge in [0, 0.05) is 5.56 Å². The summed E-state index contributed by atoms with van der Waals surface area (Å²) in [7, 11) is 0. The van der Waals surface area contributed by atoms with Crippen molar-refractivity contribution in [2.75, 3.05) is 26.3 Å². The number of aliphatic hydroxyl groups is 1. The first-order valence-corrected chi connectivity index (χ1v) is 8.74. The summed E-state index contributed by atoms with van der Waals surface area (Å²) in [5.74, 6) is 2.09. The van der Waals surface area contributed by atoms with Crippen molar-refractivity contribution in [3.05, 3.63) is 54.1 Å². The van der Waals surface area contributed by atoms with Gasteiger partial charge in [-0.25, -0.2) is 0 Å². The third-order valence-electron chi connectivity index (χ3n) is 4.12. The van der Waals surface area contributed by atoms with E-state index in [0.29, 0.717) is 31.0 Å². The normalized spacial score (nSPS) is 16.8. The summed E-state index contributed by atoms with van der Waals surface area (Å²) in [6, 6.07) is 14.6. The molecule has 3 rings (SSSR count). The van der Waals surface area contributed by atoms with Crippen LogP contribution in [0.25, 0.3) is 0 Å². The molecule has 0 spiro atoms. The van der Waals surface area contributed by atoms with E-state index in [0.717, 1.165) is 11.5 Å². The number of quaternary nitrogens is 1. The molecule has 0 aromatic heterocycles. The Hall–Kier alpha value is -2.57. The molecule has 138 valence electrons. The van der Waals surface area contributed by atoms with Crippen LogP contribution >= 0.6 is 0 Å². The maximum absolute atomic E-state index is 11.4. The van der Waals surface area contributed by atoms with Crippen molar-refractivity contribution in [3.8, 4) is 17.2 Å². The SMILES string of the molecule is CC(=O)c1cccc(OC[C@@H](O)C[NH2+]C[C@H]2COc3ccccc3O2)c1. The van der Waals surface area contributed by atoms with Crippen LogP contribution in [0.2, 0.25) is 0 Å². The van der Waals surface area contributed by atoms with Gasteiger partial charge in [0.2, 0.25) is 0 Å². The molecular weight excluding hydrogens is 334 g/mol. The molecular formula is C20H24NO5+. The maximum Gasteiger partial charge on any atom is 0.181 e. The van der Waals surface area contributed by atoms with Gasteiger partial charge in [0.05, 0.1) is 0 Å². The van der Waals surface area contributed by atoms with Crippen LogP contribution in [0.4, 0.5) is 0 Å². The van der Waals surface area contributed by atoms with Gasteiger partial charge in [-0.2, -0.15) is 0 Å². The topological polar surface area (TPSA) is 81.6 Å². The first-order chi connectivity index (χ1) is 12.6. The Kier molecular flexibility index (Phi) is 6.09. The fraction of sp³-hybridized carbons (Fsp3) is 0.350. The number of ketones is 1. The summed E-state index contributed by atoms with van der Waals surface area (Å²) in [5.41, 5.74) is 0.596. The third-order valence-corrected chi connectivity index (χ3v) is 4.12. The summed E-state index contributed by atoms with van der Waals surface area (Å²) in [6.45, 7) is 3.36. The van der Waals surface area contributed by atoms with Crippen molar-refractivity contribution in [1.82, 2.24) is 0 Å². The van der Waals surface area contributed by atoms with E-state index in [1.807, 2.05) is 29.6 Å². The predicted molar refractivity (Wildman–Crippen MR) is 96.0 cm³/mol. The number of Topliss-reactive ketones (excluding diaryl/α,β-unsaturated/α-hetero) is 1. The first-order valence-electron chi connectivity index (χ1n) is 8.74. The summed E-state index contributed by atoms with van der Waals surface area (Å²) in [6.07, 6.45) is -0.668. The number of carbonyl (C=O) groups is 1. The first kappa shape index (κ1) is 18.2. The fourth-order valence-electron chi connectivity index (χ4n) is 2.72. The van der Waals surface area contributed by atoms with E-state index in [-0.39, 0.29) is 18.5 Å². The number of hydrogen-bond acceptors (Lipinski definition) is 5. The van der Waals surface area contributed by atoms with E-state index in [9.17, 15) is 9.90 Å². The smallest absolute Gasteiger partial charge is 0.181 e. The summed E-state index contributed by atoms with van der Waals surface area (Å²) >= 11 is 0. The Morgan fingerprint density at radius 2 is 2.08 bits per heavy atom. The van der Waals surface area contributed by atoms with Crippen molar-refractivity contribution in [1.29, 1.82) is 0 Å². The van der Waals surface area contributed by atoms with Gasteiger partial charge in [-0.15, -0.1) is 0 Å². The van der Waals surface area contributed by atoms with Crippen LogP contribution in [-0.4, -0.2) is 49.4 Å². The molecule has 0 aliphatic carbocycles. The van der Waals surface area contributed by atoms with E-state index >= 15 is 0 Å². The molecule has 26 heavy (non-hydrogen) atoms. The highest BCUT2D eigenvalue weighted by Crippen LogP contribution is 2.30. The van der Waals surface area contributed by atoms with Crippen LogP contribution in [-0.2, 0) is 0 Å². The summed E-state index contributed by atoms with van der Waals surface area (Å²) in [5, 5.41) is 12.1. The van der Waals surface area contributed by atoms with E-state index in [1.54, 1.807) is 24.3 Å². The van der Waals surface area contributed by atoms with Crippen LogP contribution in [0, 0.1) is 0 Å². The molecule has 1 aliphatic rings. The Balaban J connectivity index is 1.38. The second-order valence-electron chi connectivity index (χ2n) is 6.31. The molecule has 6 heteroatoms. The van der Waals surface area contributed by atoms with Crippen molar-refractivity contribution in [2.45, 2.75) is 19.1 Å². The molecule has 1 aliphatic heterocycles. The molecule has 0 saturated heterocycles. The molecule has 2 aromatic carbocycles. The quantitative estimate of drug-likeness (QED) is 0.689. The number of fused-ring (bicyclic) bond motifs is 1. The molecule has 6 nitrogen and oxygen atoms in total. The van der Waals surface area contributed by atoms with Crippen LogP contribution in [0.1, 0.15) is 17.3 Å². The number of rotatable bonds is 8. The second-order valence-corrected chi connectivity index (χ2v) is 6.31. The molecule has 1 heterocycles. The fourth-order valence-corrected chi connectivity index (χ4v) is 2.72. The minimum absolute atomic E-state index is 0.0133. The largest absolute Gasteiger partial charge is 0.491 e. The zero-order chi connectivity index (χ0) is 18.4. The molecule has 0 unspecified atom stereocenters. The number of ether oxygens (including phenoxy) is 3. The zero-order valence-electron chi connectivity index (χ0n) is 14.8. The van der Waals surface area contributed by atoms with Crippen LogP contribution in [0.15, 0.2) is 48.5 Å². The Labute approximate surface area is 152 Å². The van der Waals surface area contributed by atoms with Crippen molar-refractivity contribution < 1.29 is 29.4 Å². The van der Waals surface area contributed by atoms with Gasteiger partial charge < -0.3 is 24.6 Å². The van der Waals surface area contributed by atoms with E-state index in [4.69, 9.17) is 14.2 Å². The Morgan fingerprint density at radius 1 is 1.27 bits per heavy atom.